The van der Waals surface area contributed by atoms with Gasteiger partial charge < -0.3 is 5.11 Å². The van der Waals surface area contributed by atoms with Crippen LogP contribution in [0.15, 0.2) is 121 Å². The Morgan fingerprint density at radius 3 is 2.15 bits per heavy atom. The summed E-state index contributed by atoms with van der Waals surface area (Å²) in [4.78, 5) is 12.1. The standard InChI is InChI=1S/C43H33N3OS/c1-25-39-30-14-8-9-17-35(30)46-36-18-10-15-29(41(36)45-42(46)31-16-11-19-38(48-25)40(31)39)33-23-28(43(2,3)4)24-34(44-33)32-22-27(20-21-37(32)47)26-12-6-5-7-13-26/h5-24,47H,1-4H3. The molecule has 0 aliphatic heterocycles. The van der Waals surface area contributed by atoms with Crippen molar-refractivity contribution in [3.05, 3.63) is 132 Å². The molecule has 0 saturated heterocycles. The van der Waals surface area contributed by atoms with Crippen molar-refractivity contribution in [2.24, 2.45) is 0 Å². The van der Waals surface area contributed by atoms with Crippen molar-refractivity contribution < 1.29 is 5.11 Å². The molecule has 0 bridgehead atoms. The predicted octanol–water partition coefficient (Wildman–Crippen LogP) is 11.7. The van der Waals surface area contributed by atoms with Crippen LogP contribution in [0.25, 0.3) is 82.1 Å². The zero-order valence-electron chi connectivity index (χ0n) is 27.2. The lowest BCUT2D eigenvalue weighted by atomic mass is 9.85. The number of nitrogens with zero attached hydrogens (tertiary/aromatic N) is 3. The highest BCUT2D eigenvalue weighted by molar-refractivity contribution is 7.20. The Morgan fingerprint density at radius 2 is 1.33 bits per heavy atom. The molecule has 5 heteroatoms. The highest BCUT2D eigenvalue weighted by Gasteiger charge is 2.22. The van der Waals surface area contributed by atoms with Crippen molar-refractivity contribution in [1.29, 1.82) is 0 Å². The van der Waals surface area contributed by atoms with Gasteiger partial charge in [-0.05, 0) is 71.5 Å². The SMILES string of the molecule is Cc1sc2cccc3c2c1c1ccccc1n1c2cccc(-c4cc(C(C)(C)C)cc(-c5cc(-c6ccccc6)ccc5O)n4)c2nc31. The van der Waals surface area contributed by atoms with Gasteiger partial charge in [-0.15, -0.1) is 11.3 Å². The molecule has 5 aromatic carbocycles. The maximum Gasteiger partial charge on any atom is 0.146 e. The average molecular weight is 640 g/mol. The lowest BCUT2D eigenvalue weighted by Gasteiger charge is -2.21. The van der Waals surface area contributed by atoms with Gasteiger partial charge in [-0.3, -0.25) is 4.40 Å². The lowest BCUT2D eigenvalue weighted by Crippen LogP contribution is -2.12. The number of para-hydroxylation sites is 2. The summed E-state index contributed by atoms with van der Waals surface area (Å²) in [6, 6.07) is 42.0. The molecule has 0 atom stereocenters. The summed E-state index contributed by atoms with van der Waals surface area (Å²) in [7, 11) is 0. The monoisotopic (exact) mass is 639 g/mol. The predicted molar refractivity (Wildman–Crippen MR) is 202 cm³/mol. The maximum atomic E-state index is 11.2. The van der Waals surface area contributed by atoms with E-state index in [1.807, 2.05) is 41.7 Å². The van der Waals surface area contributed by atoms with Crippen LogP contribution in [-0.2, 0) is 5.41 Å². The second-order valence-electron chi connectivity index (χ2n) is 13.6. The summed E-state index contributed by atoms with van der Waals surface area (Å²) < 4.78 is 3.61. The number of benzene rings is 5. The molecule has 0 saturated carbocycles. The van der Waals surface area contributed by atoms with Crippen molar-refractivity contribution in [2.75, 3.05) is 0 Å². The van der Waals surface area contributed by atoms with E-state index in [0.29, 0.717) is 5.56 Å². The van der Waals surface area contributed by atoms with Crippen LogP contribution in [0.5, 0.6) is 5.75 Å². The number of phenolic OH excluding ortho intramolecular Hbond substituents is 1. The Morgan fingerprint density at radius 1 is 0.625 bits per heavy atom. The van der Waals surface area contributed by atoms with Gasteiger partial charge in [0.1, 0.15) is 11.4 Å². The van der Waals surface area contributed by atoms with E-state index >= 15 is 0 Å². The third-order valence-corrected chi connectivity index (χ3v) is 10.6. The Balaban J connectivity index is 1.36. The minimum atomic E-state index is -0.153. The van der Waals surface area contributed by atoms with Gasteiger partial charge in [-0.1, -0.05) is 99.6 Å². The van der Waals surface area contributed by atoms with Crippen molar-refractivity contribution in [3.63, 3.8) is 0 Å². The fraction of sp³-hybridized carbons (Fsp3) is 0.116. The number of aromatic nitrogens is 3. The fourth-order valence-corrected chi connectivity index (χ4v) is 8.28. The maximum absolute atomic E-state index is 11.2. The molecule has 1 N–H and O–H groups in total. The first kappa shape index (κ1) is 28.7. The molecule has 0 aliphatic carbocycles. The first-order chi connectivity index (χ1) is 23.3. The first-order valence-corrected chi connectivity index (χ1v) is 17.1. The van der Waals surface area contributed by atoms with Gasteiger partial charge in [0, 0.05) is 42.2 Å². The molecule has 0 radical (unpaired) electrons. The molecule has 4 heterocycles. The number of thiophene rings is 1. The van der Waals surface area contributed by atoms with Gasteiger partial charge in [0.05, 0.1) is 27.9 Å². The van der Waals surface area contributed by atoms with E-state index in [2.05, 4.69) is 117 Å². The van der Waals surface area contributed by atoms with Crippen LogP contribution in [-0.4, -0.2) is 19.5 Å². The van der Waals surface area contributed by atoms with E-state index in [0.717, 1.165) is 61.2 Å². The van der Waals surface area contributed by atoms with E-state index in [1.165, 1.54) is 25.7 Å². The Kier molecular flexibility index (Phi) is 6.27. The molecular weight excluding hydrogens is 607 g/mol. The zero-order valence-corrected chi connectivity index (χ0v) is 28.1. The van der Waals surface area contributed by atoms with Gasteiger partial charge in [-0.25, -0.2) is 9.97 Å². The molecule has 0 amide bonds. The number of aromatic hydroxyl groups is 1. The minimum Gasteiger partial charge on any atom is -0.507 e. The van der Waals surface area contributed by atoms with Crippen molar-refractivity contribution >= 4 is 59.8 Å². The Hall–Kier alpha value is -5.52. The highest BCUT2D eigenvalue weighted by Crippen LogP contribution is 2.43. The van der Waals surface area contributed by atoms with Crippen molar-refractivity contribution in [3.8, 4) is 39.4 Å². The molecule has 48 heavy (non-hydrogen) atoms. The quantitative estimate of drug-likeness (QED) is 0.209. The van der Waals surface area contributed by atoms with Gasteiger partial charge in [0.2, 0.25) is 0 Å². The molecular formula is C43H33N3OS. The molecule has 4 nitrogen and oxygen atoms in total. The summed E-state index contributed by atoms with van der Waals surface area (Å²) in [6.45, 7) is 8.87. The first-order valence-electron chi connectivity index (χ1n) is 16.3. The van der Waals surface area contributed by atoms with Crippen LogP contribution in [0.2, 0.25) is 0 Å². The van der Waals surface area contributed by atoms with E-state index in [4.69, 9.17) is 9.97 Å². The van der Waals surface area contributed by atoms with Crippen LogP contribution >= 0.6 is 11.3 Å². The average Bonchev–Trinajstić information content (AvgIpc) is 3.61. The number of hydrogen-bond acceptors (Lipinski definition) is 4. The zero-order chi connectivity index (χ0) is 32.7. The lowest BCUT2D eigenvalue weighted by molar-refractivity contribution is 0.477. The van der Waals surface area contributed by atoms with Crippen molar-refractivity contribution in [1.82, 2.24) is 14.4 Å². The van der Waals surface area contributed by atoms with E-state index in [-0.39, 0.29) is 11.2 Å². The highest BCUT2D eigenvalue weighted by atomic mass is 32.1. The number of rotatable bonds is 3. The molecule has 0 fully saturated rings. The Bertz CT molecular complexity index is 2730. The molecule has 9 aromatic rings. The summed E-state index contributed by atoms with van der Waals surface area (Å²) in [5.41, 5.74) is 10.4. The summed E-state index contributed by atoms with van der Waals surface area (Å²) in [5.74, 6) is 0.206. The second-order valence-corrected chi connectivity index (χ2v) is 14.9. The van der Waals surface area contributed by atoms with Gasteiger partial charge in [-0.2, -0.15) is 0 Å². The van der Waals surface area contributed by atoms with E-state index < -0.39 is 0 Å². The number of pyridine rings is 1. The number of hydrogen-bond donors (Lipinski definition) is 1. The van der Waals surface area contributed by atoms with E-state index in [9.17, 15) is 5.11 Å². The normalized spacial score (nSPS) is 12.2. The molecule has 0 spiro atoms. The number of fused-ring (bicyclic) bond motifs is 7. The van der Waals surface area contributed by atoms with Crippen LogP contribution in [0.3, 0.4) is 0 Å². The second kappa shape index (κ2) is 10.5. The van der Waals surface area contributed by atoms with Gasteiger partial charge in [0.15, 0.2) is 0 Å². The van der Waals surface area contributed by atoms with Crippen LogP contribution in [0.4, 0.5) is 0 Å². The van der Waals surface area contributed by atoms with Crippen LogP contribution < -0.4 is 0 Å². The summed E-state index contributed by atoms with van der Waals surface area (Å²) in [6.07, 6.45) is 0. The fourth-order valence-electron chi connectivity index (χ4n) is 7.18. The third kappa shape index (κ3) is 4.35. The molecule has 232 valence electrons. The number of imidazole rings is 1. The molecule has 0 aliphatic rings. The summed E-state index contributed by atoms with van der Waals surface area (Å²) in [5, 5.41) is 16.1. The van der Waals surface area contributed by atoms with Gasteiger partial charge >= 0.3 is 0 Å². The number of aryl methyl sites for hydroxylation is 1. The minimum absolute atomic E-state index is 0.153. The van der Waals surface area contributed by atoms with E-state index in [1.54, 1.807) is 6.07 Å². The van der Waals surface area contributed by atoms with Crippen molar-refractivity contribution in [2.45, 2.75) is 33.1 Å². The smallest absolute Gasteiger partial charge is 0.146 e. The third-order valence-electron chi connectivity index (χ3n) is 9.58. The largest absolute Gasteiger partial charge is 0.507 e. The molecule has 0 unspecified atom stereocenters. The van der Waals surface area contributed by atoms with Gasteiger partial charge in [0.25, 0.3) is 0 Å². The Labute approximate surface area is 282 Å². The number of phenols is 1. The van der Waals surface area contributed by atoms with Crippen LogP contribution in [0, 0.1) is 6.92 Å². The topological polar surface area (TPSA) is 50.4 Å². The summed E-state index contributed by atoms with van der Waals surface area (Å²) >= 11 is 1.85. The molecule has 4 aromatic heterocycles. The van der Waals surface area contributed by atoms with Crippen LogP contribution in [0.1, 0.15) is 31.2 Å². The molecule has 9 rings (SSSR count).